The first-order valence-corrected chi connectivity index (χ1v) is 5.46. The van der Waals surface area contributed by atoms with Crippen LogP contribution in [-0.4, -0.2) is 18.0 Å². The summed E-state index contributed by atoms with van der Waals surface area (Å²) in [6, 6.07) is 0.694. The first-order valence-electron chi connectivity index (χ1n) is 5.46. The Morgan fingerprint density at radius 2 is 1.71 bits per heavy atom. The lowest BCUT2D eigenvalue weighted by Gasteiger charge is -2.29. The molecule has 1 fully saturated rings. The lowest BCUT2D eigenvalue weighted by atomic mass is 9.89. The zero-order valence-electron chi connectivity index (χ0n) is 9.47. The summed E-state index contributed by atoms with van der Waals surface area (Å²) in [4.78, 5) is 11.7. The fourth-order valence-electron chi connectivity index (χ4n) is 1.67. The van der Waals surface area contributed by atoms with Gasteiger partial charge in [0.05, 0.1) is 0 Å². The van der Waals surface area contributed by atoms with Crippen molar-refractivity contribution in [3.8, 4) is 0 Å². The van der Waals surface area contributed by atoms with Crippen molar-refractivity contribution >= 4 is 5.91 Å². The van der Waals surface area contributed by atoms with Crippen LogP contribution in [0.1, 0.15) is 46.5 Å². The van der Waals surface area contributed by atoms with Crippen molar-refractivity contribution in [3.05, 3.63) is 0 Å². The lowest BCUT2D eigenvalue weighted by molar-refractivity contribution is -0.129. The van der Waals surface area contributed by atoms with Crippen LogP contribution in [-0.2, 0) is 4.79 Å². The van der Waals surface area contributed by atoms with Crippen molar-refractivity contribution in [1.82, 2.24) is 5.32 Å². The van der Waals surface area contributed by atoms with Gasteiger partial charge in [-0.25, -0.2) is 0 Å². The van der Waals surface area contributed by atoms with Crippen LogP contribution in [0.3, 0.4) is 0 Å². The van der Waals surface area contributed by atoms with Crippen molar-refractivity contribution in [2.75, 3.05) is 0 Å². The van der Waals surface area contributed by atoms with E-state index in [2.05, 4.69) is 5.32 Å². The number of nitrogens with one attached hydrogen (secondary N) is 1. The maximum Gasteiger partial charge on any atom is 0.225 e. The van der Waals surface area contributed by atoms with Crippen LogP contribution in [0, 0.1) is 5.41 Å². The zero-order chi connectivity index (χ0) is 10.8. The van der Waals surface area contributed by atoms with E-state index in [0.717, 1.165) is 25.7 Å². The fourth-order valence-corrected chi connectivity index (χ4v) is 1.67. The van der Waals surface area contributed by atoms with Gasteiger partial charge in [0.2, 0.25) is 5.91 Å². The molecular weight excluding hydrogens is 176 g/mol. The monoisotopic (exact) mass is 198 g/mol. The molecule has 1 rings (SSSR count). The molecule has 1 aliphatic carbocycles. The fraction of sp³-hybridized carbons (Fsp3) is 0.909. The number of nitrogens with two attached hydrogens (primary N) is 1. The van der Waals surface area contributed by atoms with E-state index in [4.69, 9.17) is 5.73 Å². The van der Waals surface area contributed by atoms with E-state index in [9.17, 15) is 4.79 Å². The second-order valence-corrected chi connectivity index (χ2v) is 5.34. The summed E-state index contributed by atoms with van der Waals surface area (Å²) in [5.74, 6) is 0.151. The van der Waals surface area contributed by atoms with Gasteiger partial charge in [-0.3, -0.25) is 4.79 Å². The van der Waals surface area contributed by atoms with Gasteiger partial charge in [0, 0.05) is 17.5 Å². The predicted molar refractivity (Wildman–Crippen MR) is 57.8 cm³/mol. The largest absolute Gasteiger partial charge is 0.353 e. The maximum atomic E-state index is 11.7. The second-order valence-electron chi connectivity index (χ2n) is 5.34. The van der Waals surface area contributed by atoms with E-state index in [-0.39, 0.29) is 11.3 Å². The van der Waals surface area contributed by atoms with E-state index < -0.39 is 0 Å². The molecule has 0 spiro atoms. The molecule has 82 valence electrons. The highest BCUT2D eigenvalue weighted by molar-refractivity contribution is 5.81. The minimum absolute atomic E-state index is 0.151. The molecule has 0 aromatic carbocycles. The Labute approximate surface area is 86.4 Å². The van der Waals surface area contributed by atoms with Crippen molar-refractivity contribution in [1.29, 1.82) is 0 Å². The smallest absolute Gasteiger partial charge is 0.225 e. The van der Waals surface area contributed by atoms with Gasteiger partial charge in [0.25, 0.3) is 0 Å². The Hall–Kier alpha value is -0.570. The van der Waals surface area contributed by atoms with Crippen LogP contribution in [0.5, 0.6) is 0 Å². The molecule has 0 aromatic heterocycles. The predicted octanol–water partition coefficient (Wildman–Crippen LogP) is 1.42. The summed E-state index contributed by atoms with van der Waals surface area (Å²) < 4.78 is 0. The summed E-state index contributed by atoms with van der Waals surface area (Å²) >= 11 is 0. The molecule has 0 heterocycles. The van der Waals surface area contributed by atoms with Gasteiger partial charge in [0.15, 0.2) is 0 Å². The van der Waals surface area contributed by atoms with Crippen LogP contribution < -0.4 is 11.1 Å². The molecule has 1 saturated carbocycles. The topological polar surface area (TPSA) is 55.1 Å². The van der Waals surface area contributed by atoms with E-state index in [0.29, 0.717) is 12.1 Å². The summed E-state index contributed by atoms with van der Waals surface area (Å²) in [6.07, 6.45) is 4.14. The Bertz CT molecular complexity index is 200. The van der Waals surface area contributed by atoms with Gasteiger partial charge in [-0.05, 0) is 25.7 Å². The second kappa shape index (κ2) is 4.30. The standard InChI is InChI=1S/C11H22N2O/c1-11(2,3)10(14)13-9-6-4-8(12)5-7-9/h8-9H,4-7,12H2,1-3H3,(H,13,14). The van der Waals surface area contributed by atoms with Gasteiger partial charge >= 0.3 is 0 Å². The third-order valence-corrected chi connectivity index (χ3v) is 2.79. The van der Waals surface area contributed by atoms with Gasteiger partial charge < -0.3 is 11.1 Å². The average molecular weight is 198 g/mol. The summed E-state index contributed by atoms with van der Waals surface area (Å²) in [7, 11) is 0. The number of hydrogen-bond acceptors (Lipinski definition) is 2. The van der Waals surface area contributed by atoms with E-state index in [1.165, 1.54) is 0 Å². The summed E-state index contributed by atoms with van der Waals surface area (Å²) in [6.45, 7) is 5.82. The molecule has 0 radical (unpaired) electrons. The van der Waals surface area contributed by atoms with Crippen molar-refractivity contribution in [2.24, 2.45) is 11.1 Å². The Morgan fingerprint density at radius 1 is 1.21 bits per heavy atom. The SMILES string of the molecule is CC(C)(C)C(=O)NC1CCC(N)CC1. The number of hydrogen-bond donors (Lipinski definition) is 2. The molecule has 1 amide bonds. The molecule has 0 saturated heterocycles. The first kappa shape index (κ1) is 11.5. The zero-order valence-corrected chi connectivity index (χ0v) is 9.47. The summed E-state index contributed by atoms with van der Waals surface area (Å²) in [5.41, 5.74) is 5.52. The highest BCUT2D eigenvalue weighted by Crippen LogP contribution is 2.19. The molecular formula is C11H22N2O. The van der Waals surface area contributed by atoms with Gasteiger partial charge in [0.1, 0.15) is 0 Å². The van der Waals surface area contributed by atoms with Crippen LogP contribution in [0.15, 0.2) is 0 Å². The van der Waals surface area contributed by atoms with Crippen LogP contribution in [0.2, 0.25) is 0 Å². The number of amides is 1. The van der Waals surface area contributed by atoms with Gasteiger partial charge in [-0.15, -0.1) is 0 Å². The Morgan fingerprint density at radius 3 is 2.14 bits per heavy atom. The van der Waals surface area contributed by atoms with Crippen LogP contribution in [0.25, 0.3) is 0 Å². The highest BCUT2D eigenvalue weighted by Gasteiger charge is 2.26. The molecule has 0 unspecified atom stereocenters. The van der Waals surface area contributed by atoms with Gasteiger partial charge in [-0.1, -0.05) is 20.8 Å². The maximum absolute atomic E-state index is 11.7. The molecule has 0 atom stereocenters. The number of carbonyl (C=O) groups is 1. The first-order chi connectivity index (χ1) is 6.39. The molecule has 3 heteroatoms. The molecule has 0 aromatic rings. The Balaban J connectivity index is 2.35. The average Bonchev–Trinajstić information content (AvgIpc) is 2.07. The number of carbonyl (C=O) groups excluding carboxylic acids is 1. The van der Waals surface area contributed by atoms with Crippen LogP contribution >= 0.6 is 0 Å². The van der Waals surface area contributed by atoms with Crippen LogP contribution in [0.4, 0.5) is 0 Å². The quantitative estimate of drug-likeness (QED) is 0.669. The molecule has 14 heavy (non-hydrogen) atoms. The normalized spacial score (nSPS) is 28.6. The molecule has 1 aliphatic rings. The van der Waals surface area contributed by atoms with E-state index in [1.807, 2.05) is 20.8 Å². The lowest BCUT2D eigenvalue weighted by Crippen LogP contribution is -2.44. The van der Waals surface area contributed by atoms with E-state index >= 15 is 0 Å². The molecule has 3 N–H and O–H groups in total. The molecule has 0 bridgehead atoms. The Kier molecular flexibility index (Phi) is 3.53. The highest BCUT2D eigenvalue weighted by atomic mass is 16.2. The van der Waals surface area contributed by atoms with Crippen molar-refractivity contribution in [2.45, 2.75) is 58.5 Å². The molecule has 3 nitrogen and oxygen atoms in total. The van der Waals surface area contributed by atoms with E-state index in [1.54, 1.807) is 0 Å². The third-order valence-electron chi connectivity index (χ3n) is 2.79. The third kappa shape index (κ3) is 3.29. The van der Waals surface area contributed by atoms with Crippen molar-refractivity contribution < 1.29 is 4.79 Å². The van der Waals surface area contributed by atoms with Crippen molar-refractivity contribution in [3.63, 3.8) is 0 Å². The minimum Gasteiger partial charge on any atom is -0.353 e. The number of rotatable bonds is 1. The molecule has 0 aliphatic heterocycles. The minimum atomic E-state index is -0.278. The summed E-state index contributed by atoms with van der Waals surface area (Å²) in [5, 5.41) is 3.08. The van der Waals surface area contributed by atoms with Gasteiger partial charge in [-0.2, -0.15) is 0 Å².